The van der Waals surface area contributed by atoms with Crippen LogP contribution in [0.1, 0.15) is 37.8 Å². The Labute approximate surface area is 227 Å². The number of phenolic OH excluding ortho intramolecular Hbond substituents is 1. The molecule has 3 unspecified atom stereocenters. The molecular weight excluding hydrogens is 562 g/mol. The third-order valence-electron chi connectivity index (χ3n) is 7.98. The Kier molecular flexibility index (Phi) is 6.74. The Bertz CT molecular complexity index is 1350. The molecule has 1 saturated carbocycles. The molecule has 1 aromatic rings. The molecule has 4 rings (SSSR count). The summed E-state index contributed by atoms with van der Waals surface area (Å²) >= 11 is 3.33. The Morgan fingerprint density at radius 1 is 1.24 bits per heavy atom. The first-order valence-corrected chi connectivity index (χ1v) is 12.9. The molecule has 0 heterocycles. The number of alkyl halides is 1. The summed E-state index contributed by atoms with van der Waals surface area (Å²) in [5.74, 6) is -7.66. The molecule has 1 fully saturated rings. The van der Waals surface area contributed by atoms with Crippen molar-refractivity contribution in [3.63, 3.8) is 0 Å². The number of carbonyl (C=O) groups excluding carboxylic acids is 4. The van der Waals surface area contributed by atoms with Crippen LogP contribution in [0.5, 0.6) is 5.75 Å². The van der Waals surface area contributed by atoms with Crippen molar-refractivity contribution in [2.75, 3.05) is 19.4 Å². The number of anilines is 1. The van der Waals surface area contributed by atoms with Gasteiger partial charge in [0, 0.05) is 11.5 Å². The lowest BCUT2D eigenvalue weighted by atomic mass is 9.57. The number of nitrogens with zero attached hydrogens (tertiary/aromatic N) is 1. The molecule has 3 aliphatic carbocycles. The molecule has 0 bridgehead atoms. The summed E-state index contributed by atoms with van der Waals surface area (Å²) in [6, 6.07) is 1.96. The van der Waals surface area contributed by atoms with Gasteiger partial charge in [0.1, 0.15) is 27.2 Å². The van der Waals surface area contributed by atoms with Crippen LogP contribution in [0.2, 0.25) is 0 Å². The van der Waals surface area contributed by atoms with Gasteiger partial charge in [0.2, 0.25) is 11.7 Å². The van der Waals surface area contributed by atoms with E-state index in [1.807, 2.05) is 0 Å². The second-order valence-corrected chi connectivity index (χ2v) is 12.2. The molecule has 1 aromatic carbocycles. The fraction of sp³-hybridized carbons (Fsp3) is 0.462. The zero-order valence-corrected chi connectivity index (χ0v) is 22.9. The van der Waals surface area contributed by atoms with Crippen molar-refractivity contribution < 1.29 is 39.6 Å². The van der Waals surface area contributed by atoms with Gasteiger partial charge < -0.3 is 31.5 Å². The van der Waals surface area contributed by atoms with E-state index in [2.05, 4.69) is 21.2 Å². The number of carbonyl (C=O) groups is 4. The fourth-order valence-electron chi connectivity index (χ4n) is 5.73. The monoisotopic (exact) mass is 591 g/mol. The minimum Gasteiger partial charge on any atom is -0.508 e. The number of phenols is 1. The van der Waals surface area contributed by atoms with Crippen LogP contribution in [0, 0.1) is 11.8 Å². The van der Waals surface area contributed by atoms with Crippen LogP contribution in [0.15, 0.2) is 29.0 Å². The highest BCUT2D eigenvalue weighted by molar-refractivity contribution is 9.10. The number of rotatable bonds is 5. The second-order valence-electron chi connectivity index (χ2n) is 10.5. The molecule has 0 aromatic heterocycles. The van der Waals surface area contributed by atoms with E-state index >= 15 is 0 Å². The van der Waals surface area contributed by atoms with Crippen molar-refractivity contribution in [1.29, 1.82) is 0 Å². The normalized spacial score (nSPS) is 28.4. The van der Waals surface area contributed by atoms with Crippen molar-refractivity contribution in [2.24, 2.45) is 17.6 Å². The number of primary amides is 1. The maximum Gasteiger partial charge on any atom is 0.255 e. The molecule has 0 spiro atoms. The number of amides is 2. The minimum absolute atomic E-state index is 0.00343. The van der Waals surface area contributed by atoms with E-state index in [1.165, 1.54) is 25.1 Å². The molecule has 3 aliphatic rings. The first-order valence-electron chi connectivity index (χ1n) is 12.1. The van der Waals surface area contributed by atoms with E-state index < -0.39 is 74.0 Å². The Hall–Kier alpha value is -3.22. The Morgan fingerprint density at radius 2 is 1.87 bits per heavy atom. The fourth-order valence-corrected chi connectivity index (χ4v) is 5.83. The first kappa shape index (κ1) is 27.8. The van der Waals surface area contributed by atoms with Crippen molar-refractivity contribution >= 4 is 50.8 Å². The number of hydrogen-bond donors (Lipinski definition) is 6. The summed E-state index contributed by atoms with van der Waals surface area (Å²) in [6.45, 7) is 3.47. The van der Waals surface area contributed by atoms with E-state index in [1.54, 1.807) is 19.9 Å². The number of halogens is 1. The molecule has 0 saturated heterocycles. The maximum absolute atomic E-state index is 13.8. The highest BCUT2D eigenvalue weighted by Gasteiger charge is 2.64. The van der Waals surface area contributed by atoms with Gasteiger partial charge in [0.05, 0.1) is 17.3 Å². The lowest BCUT2D eigenvalue weighted by Crippen LogP contribution is -2.65. The van der Waals surface area contributed by atoms with Gasteiger partial charge in [0.15, 0.2) is 11.4 Å². The van der Waals surface area contributed by atoms with E-state index in [0.717, 1.165) is 0 Å². The SMILES string of the molecule is CCC(C)(Br)C(=O)Nc1ccc2c(c1O)C(O)=C1C(=O)[C@]3(O)C(O)=C(C(N)=O)C(=O)[C@@H](N(C)C)C3CC1C2. The second kappa shape index (κ2) is 9.21. The summed E-state index contributed by atoms with van der Waals surface area (Å²) in [4.78, 5) is 53.1. The number of ketones is 2. The Morgan fingerprint density at radius 3 is 2.42 bits per heavy atom. The van der Waals surface area contributed by atoms with Gasteiger partial charge in [-0.1, -0.05) is 28.9 Å². The Balaban J connectivity index is 1.87. The van der Waals surface area contributed by atoms with Crippen LogP contribution in [-0.4, -0.2) is 78.8 Å². The van der Waals surface area contributed by atoms with Crippen LogP contribution in [-0.2, 0) is 25.6 Å². The number of aliphatic hydroxyl groups is 3. The standard InChI is InChI=1S/C26H30BrN3O8/c1-5-25(2,27)24(37)29-13-7-6-10-8-11-9-12-17(30(3)4)20(33)16(23(28)36)22(35)26(12,38)21(34)15(11)19(32)14(10)18(13)31/h6-7,11-12,17,31-32,35,38H,5,8-9H2,1-4H3,(H2,28,36)(H,29,37)/t11?,12?,17-,25?,26-/m0/s1. The number of hydrogen-bond acceptors (Lipinski definition) is 9. The van der Waals surface area contributed by atoms with E-state index in [9.17, 15) is 39.6 Å². The predicted octanol–water partition coefficient (Wildman–Crippen LogP) is 1.47. The molecule has 204 valence electrons. The van der Waals surface area contributed by atoms with Crippen LogP contribution >= 0.6 is 15.9 Å². The van der Waals surface area contributed by atoms with Crippen molar-refractivity contribution in [3.05, 3.63) is 40.2 Å². The molecular formula is C26H30BrN3O8. The molecule has 0 radical (unpaired) electrons. The van der Waals surface area contributed by atoms with Gasteiger partial charge in [-0.3, -0.25) is 24.1 Å². The van der Waals surface area contributed by atoms with E-state index in [-0.39, 0.29) is 29.7 Å². The summed E-state index contributed by atoms with van der Waals surface area (Å²) in [6.07, 6.45) is 0.626. The number of Topliss-reactive ketones (excluding diaryl/α,β-unsaturated/α-hetero) is 2. The average molecular weight is 592 g/mol. The molecule has 12 heteroatoms. The van der Waals surface area contributed by atoms with Crippen LogP contribution in [0.25, 0.3) is 5.76 Å². The van der Waals surface area contributed by atoms with E-state index in [0.29, 0.717) is 12.0 Å². The minimum atomic E-state index is -2.70. The third kappa shape index (κ3) is 3.85. The van der Waals surface area contributed by atoms with Gasteiger partial charge in [-0.25, -0.2) is 0 Å². The summed E-state index contributed by atoms with van der Waals surface area (Å²) in [7, 11) is 3.08. The molecule has 0 aliphatic heterocycles. The number of aliphatic hydroxyl groups excluding tert-OH is 2. The third-order valence-corrected chi connectivity index (χ3v) is 8.90. The topological polar surface area (TPSA) is 190 Å². The van der Waals surface area contributed by atoms with Crippen LogP contribution in [0.3, 0.4) is 0 Å². The number of benzene rings is 1. The molecule has 38 heavy (non-hydrogen) atoms. The van der Waals surface area contributed by atoms with Gasteiger partial charge in [-0.2, -0.15) is 0 Å². The van der Waals surface area contributed by atoms with Crippen molar-refractivity contribution in [2.45, 2.75) is 49.1 Å². The number of nitrogens with one attached hydrogen (secondary N) is 1. The van der Waals surface area contributed by atoms with Crippen LogP contribution < -0.4 is 11.1 Å². The summed E-state index contributed by atoms with van der Waals surface area (Å²) in [5, 5.41) is 47.4. The number of aromatic hydroxyl groups is 1. The highest BCUT2D eigenvalue weighted by Crippen LogP contribution is 2.53. The van der Waals surface area contributed by atoms with Crippen molar-refractivity contribution in [1.82, 2.24) is 4.90 Å². The van der Waals surface area contributed by atoms with Gasteiger partial charge in [-0.15, -0.1) is 0 Å². The zero-order valence-electron chi connectivity index (χ0n) is 21.3. The lowest BCUT2D eigenvalue weighted by molar-refractivity contribution is -0.153. The average Bonchev–Trinajstić information content (AvgIpc) is 2.82. The number of fused-ring (bicyclic) bond motifs is 3. The van der Waals surface area contributed by atoms with Crippen LogP contribution in [0.4, 0.5) is 5.69 Å². The lowest BCUT2D eigenvalue weighted by Gasteiger charge is -2.50. The van der Waals surface area contributed by atoms with Gasteiger partial charge >= 0.3 is 0 Å². The van der Waals surface area contributed by atoms with Crippen molar-refractivity contribution in [3.8, 4) is 5.75 Å². The summed E-state index contributed by atoms with van der Waals surface area (Å²) in [5.41, 5.74) is 1.90. The molecule has 11 nitrogen and oxygen atoms in total. The van der Waals surface area contributed by atoms with Gasteiger partial charge in [0.25, 0.3) is 5.91 Å². The summed E-state index contributed by atoms with van der Waals surface area (Å²) < 4.78 is -0.915. The first-order chi connectivity index (χ1) is 17.6. The predicted molar refractivity (Wildman–Crippen MR) is 140 cm³/mol. The van der Waals surface area contributed by atoms with E-state index in [4.69, 9.17) is 5.73 Å². The molecule has 5 atom stereocenters. The number of likely N-dealkylation sites (N-methyl/N-ethyl adjacent to an activating group) is 1. The number of nitrogens with two attached hydrogens (primary N) is 1. The quantitative estimate of drug-likeness (QED) is 0.167. The largest absolute Gasteiger partial charge is 0.508 e. The highest BCUT2D eigenvalue weighted by atomic mass is 79.9. The smallest absolute Gasteiger partial charge is 0.255 e. The molecule has 7 N–H and O–H groups in total. The van der Waals surface area contributed by atoms with Gasteiger partial charge in [-0.05, 0) is 57.8 Å². The maximum atomic E-state index is 13.8. The molecule has 2 amide bonds. The zero-order chi connectivity index (χ0) is 28.5.